The van der Waals surface area contributed by atoms with E-state index in [4.69, 9.17) is 0 Å². The molecule has 0 aliphatic heterocycles. The SMILES string of the molecule is Cn1c(=O)c2c(-c3ccc(Br)cc3)n(C(C)(C)C)cc2n(C)c1=O. The van der Waals surface area contributed by atoms with Crippen LogP contribution < -0.4 is 11.2 Å². The van der Waals surface area contributed by atoms with E-state index in [9.17, 15) is 9.59 Å². The van der Waals surface area contributed by atoms with E-state index in [-0.39, 0.29) is 16.8 Å². The van der Waals surface area contributed by atoms with Gasteiger partial charge in [-0.3, -0.25) is 13.9 Å². The van der Waals surface area contributed by atoms with Gasteiger partial charge in [0.2, 0.25) is 0 Å². The first-order valence-electron chi connectivity index (χ1n) is 7.70. The second-order valence-corrected chi connectivity index (χ2v) is 7.91. The zero-order valence-electron chi connectivity index (χ0n) is 14.4. The van der Waals surface area contributed by atoms with Crippen LogP contribution in [0.1, 0.15) is 20.8 Å². The standard InChI is InChI=1S/C18H20BrN3O2/c1-18(2,3)22-10-13-14(16(23)21(5)17(24)20(13)4)15(22)11-6-8-12(19)9-7-11/h6-10H,1-5H3. The van der Waals surface area contributed by atoms with Crippen molar-refractivity contribution < 1.29 is 0 Å². The minimum Gasteiger partial charge on any atom is -0.339 e. The van der Waals surface area contributed by atoms with Crippen LogP contribution in [0.4, 0.5) is 0 Å². The quantitative estimate of drug-likeness (QED) is 0.641. The molecule has 5 nitrogen and oxygen atoms in total. The van der Waals surface area contributed by atoms with E-state index in [1.54, 1.807) is 7.05 Å². The Hall–Kier alpha value is -2.08. The fourth-order valence-corrected chi connectivity index (χ4v) is 3.23. The summed E-state index contributed by atoms with van der Waals surface area (Å²) in [5.74, 6) is 0. The van der Waals surface area contributed by atoms with Gasteiger partial charge in [0.15, 0.2) is 0 Å². The lowest BCUT2D eigenvalue weighted by Gasteiger charge is -2.24. The molecule has 126 valence electrons. The summed E-state index contributed by atoms with van der Waals surface area (Å²) in [7, 11) is 3.21. The van der Waals surface area contributed by atoms with E-state index in [1.165, 1.54) is 11.6 Å². The van der Waals surface area contributed by atoms with Crippen LogP contribution in [0.5, 0.6) is 0 Å². The lowest BCUT2D eigenvalue weighted by atomic mass is 10.1. The molecule has 2 heterocycles. The van der Waals surface area contributed by atoms with Crippen LogP contribution in [0.2, 0.25) is 0 Å². The normalized spacial score (nSPS) is 12.1. The van der Waals surface area contributed by atoms with E-state index < -0.39 is 0 Å². The highest BCUT2D eigenvalue weighted by atomic mass is 79.9. The molecule has 2 aromatic heterocycles. The Balaban J connectivity index is 2.57. The summed E-state index contributed by atoms with van der Waals surface area (Å²) in [5, 5.41) is 0.567. The van der Waals surface area contributed by atoms with Gasteiger partial charge in [-0.15, -0.1) is 0 Å². The fourth-order valence-electron chi connectivity index (χ4n) is 2.96. The Morgan fingerprint density at radius 3 is 2.08 bits per heavy atom. The Kier molecular flexibility index (Phi) is 3.83. The Morgan fingerprint density at radius 1 is 0.958 bits per heavy atom. The van der Waals surface area contributed by atoms with Gasteiger partial charge in [0.05, 0.1) is 16.6 Å². The highest BCUT2D eigenvalue weighted by Gasteiger charge is 2.24. The molecule has 24 heavy (non-hydrogen) atoms. The van der Waals surface area contributed by atoms with Crippen molar-refractivity contribution in [3.05, 3.63) is 55.8 Å². The van der Waals surface area contributed by atoms with Crippen molar-refractivity contribution in [3.8, 4) is 11.3 Å². The van der Waals surface area contributed by atoms with E-state index in [1.807, 2.05) is 30.5 Å². The zero-order valence-corrected chi connectivity index (χ0v) is 16.0. The van der Waals surface area contributed by atoms with E-state index in [2.05, 4.69) is 41.3 Å². The van der Waals surface area contributed by atoms with Crippen molar-refractivity contribution in [3.63, 3.8) is 0 Å². The summed E-state index contributed by atoms with van der Waals surface area (Å²) in [6.45, 7) is 6.24. The smallest absolute Gasteiger partial charge is 0.330 e. The molecular weight excluding hydrogens is 370 g/mol. The number of hydrogen-bond acceptors (Lipinski definition) is 2. The highest BCUT2D eigenvalue weighted by Crippen LogP contribution is 2.33. The minimum absolute atomic E-state index is 0.234. The van der Waals surface area contributed by atoms with Crippen molar-refractivity contribution in [2.75, 3.05) is 0 Å². The van der Waals surface area contributed by atoms with Gasteiger partial charge in [-0.05, 0) is 38.5 Å². The van der Waals surface area contributed by atoms with Gasteiger partial charge in [0.1, 0.15) is 0 Å². The predicted octanol–water partition coefficient (Wildman–Crippen LogP) is 3.22. The van der Waals surface area contributed by atoms with Crippen molar-refractivity contribution >= 4 is 26.8 Å². The molecule has 0 atom stereocenters. The number of fused-ring (bicyclic) bond motifs is 1. The minimum atomic E-state index is -0.319. The number of aryl methyl sites for hydroxylation is 1. The molecule has 0 fully saturated rings. The number of aromatic nitrogens is 3. The first kappa shape index (κ1) is 16.8. The molecule has 1 aromatic carbocycles. The zero-order chi connectivity index (χ0) is 17.8. The number of nitrogens with zero attached hydrogens (tertiary/aromatic N) is 3. The Labute approximate surface area is 148 Å². The summed E-state index contributed by atoms with van der Waals surface area (Å²) in [4.78, 5) is 25.1. The highest BCUT2D eigenvalue weighted by molar-refractivity contribution is 9.10. The molecule has 0 N–H and O–H groups in total. The largest absolute Gasteiger partial charge is 0.339 e. The van der Waals surface area contributed by atoms with Gasteiger partial charge in [0, 0.05) is 30.3 Å². The van der Waals surface area contributed by atoms with Crippen molar-refractivity contribution in [1.29, 1.82) is 0 Å². The molecule has 3 rings (SSSR count). The first-order chi connectivity index (χ1) is 11.1. The average Bonchev–Trinajstić information content (AvgIpc) is 2.92. The van der Waals surface area contributed by atoms with Crippen LogP contribution in [0.25, 0.3) is 22.2 Å². The third-order valence-electron chi connectivity index (χ3n) is 4.28. The molecule has 0 radical (unpaired) electrons. The Bertz CT molecular complexity index is 1050. The monoisotopic (exact) mass is 389 g/mol. The van der Waals surface area contributed by atoms with Crippen molar-refractivity contribution in [1.82, 2.24) is 13.7 Å². The lowest BCUT2D eigenvalue weighted by Crippen LogP contribution is -2.36. The summed E-state index contributed by atoms with van der Waals surface area (Å²) >= 11 is 3.45. The van der Waals surface area contributed by atoms with Crippen LogP contribution in [0.15, 0.2) is 44.5 Å². The van der Waals surface area contributed by atoms with Crippen LogP contribution in [-0.4, -0.2) is 13.7 Å². The number of halogens is 1. The molecule has 0 aliphatic rings. The van der Waals surface area contributed by atoms with Crippen LogP contribution in [-0.2, 0) is 19.6 Å². The van der Waals surface area contributed by atoms with Crippen LogP contribution in [0.3, 0.4) is 0 Å². The topological polar surface area (TPSA) is 48.9 Å². The third kappa shape index (κ3) is 2.45. The van der Waals surface area contributed by atoms with Gasteiger partial charge < -0.3 is 4.57 Å². The van der Waals surface area contributed by atoms with Crippen LogP contribution >= 0.6 is 15.9 Å². The molecule has 3 aromatic rings. The van der Waals surface area contributed by atoms with Gasteiger partial charge in [-0.2, -0.15) is 0 Å². The van der Waals surface area contributed by atoms with E-state index in [0.717, 1.165) is 20.3 Å². The predicted molar refractivity (Wildman–Crippen MR) is 101 cm³/mol. The Morgan fingerprint density at radius 2 is 1.54 bits per heavy atom. The lowest BCUT2D eigenvalue weighted by molar-refractivity contribution is 0.403. The fraction of sp³-hybridized carbons (Fsp3) is 0.333. The summed E-state index contributed by atoms with van der Waals surface area (Å²) in [5.41, 5.74) is 1.61. The molecule has 6 heteroatoms. The second kappa shape index (κ2) is 5.48. The van der Waals surface area contributed by atoms with Gasteiger partial charge in [-0.25, -0.2) is 4.79 Å². The number of hydrogen-bond donors (Lipinski definition) is 0. The van der Waals surface area contributed by atoms with Crippen molar-refractivity contribution in [2.24, 2.45) is 14.1 Å². The summed E-state index contributed by atoms with van der Waals surface area (Å²) < 4.78 is 5.74. The van der Waals surface area contributed by atoms with Gasteiger partial charge in [-0.1, -0.05) is 28.1 Å². The molecule has 0 bridgehead atoms. The molecule has 0 saturated heterocycles. The average molecular weight is 390 g/mol. The second-order valence-electron chi connectivity index (χ2n) is 6.99. The number of benzene rings is 1. The summed E-state index contributed by atoms with van der Waals surface area (Å²) in [6, 6.07) is 7.86. The van der Waals surface area contributed by atoms with Crippen molar-refractivity contribution in [2.45, 2.75) is 26.3 Å². The third-order valence-corrected chi connectivity index (χ3v) is 4.81. The van der Waals surface area contributed by atoms with Gasteiger partial charge >= 0.3 is 5.69 Å². The molecule has 0 aliphatic carbocycles. The first-order valence-corrected chi connectivity index (χ1v) is 8.49. The van der Waals surface area contributed by atoms with E-state index in [0.29, 0.717) is 10.9 Å². The van der Waals surface area contributed by atoms with Gasteiger partial charge in [0.25, 0.3) is 5.56 Å². The maximum atomic E-state index is 12.8. The molecule has 0 amide bonds. The maximum absolute atomic E-state index is 12.8. The maximum Gasteiger partial charge on any atom is 0.330 e. The van der Waals surface area contributed by atoms with Crippen LogP contribution in [0, 0.1) is 0 Å². The molecular formula is C18H20BrN3O2. The molecule has 0 saturated carbocycles. The molecule has 0 spiro atoms. The molecule has 0 unspecified atom stereocenters. The number of rotatable bonds is 1. The summed E-state index contributed by atoms with van der Waals surface area (Å²) in [6.07, 6.45) is 1.90. The van der Waals surface area contributed by atoms with E-state index >= 15 is 0 Å².